The van der Waals surface area contributed by atoms with Gasteiger partial charge in [0, 0.05) is 11.6 Å². The van der Waals surface area contributed by atoms with Crippen molar-refractivity contribution in [3.63, 3.8) is 0 Å². The Kier molecular flexibility index (Phi) is 8.21. The summed E-state index contributed by atoms with van der Waals surface area (Å²) in [6.07, 6.45) is 2.99. The van der Waals surface area contributed by atoms with Gasteiger partial charge in [-0.1, -0.05) is 54.1 Å². The quantitative estimate of drug-likeness (QED) is 0.296. The van der Waals surface area contributed by atoms with Crippen LogP contribution in [-0.4, -0.2) is 32.2 Å². The largest absolute Gasteiger partial charge is 0.497 e. The zero-order valence-electron chi connectivity index (χ0n) is 18.0. The number of carbonyl (C=O) groups excluding carboxylic acids is 2. The first-order valence-electron chi connectivity index (χ1n) is 9.90. The van der Waals surface area contributed by atoms with Gasteiger partial charge >= 0.3 is 0 Å². The number of amides is 2. The zero-order chi connectivity index (χ0) is 23.6. The van der Waals surface area contributed by atoms with Crippen molar-refractivity contribution in [2.24, 2.45) is 5.10 Å². The Hall–Kier alpha value is -4.10. The van der Waals surface area contributed by atoms with Crippen molar-refractivity contribution in [1.29, 1.82) is 0 Å². The third-order valence-corrected chi connectivity index (χ3v) is 4.86. The maximum Gasteiger partial charge on any atom is 0.287 e. The minimum absolute atomic E-state index is 0.00460. The molecule has 0 unspecified atom stereocenters. The third kappa shape index (κ3) is 6.44. The fourth-order valence-electron chi connectivity index (χ4n) is 2.86. The number of hydrogen-bond donors (Lipinski definition) is 2. The van der Waals surface area contributed by atoms with E-state index in [1.807, 2.05) is 18.2 Å². The van der Waals surface area contributed by atoms with Gasteiger partial charge < -0.3 is 14.8 Å². The highest BCUT2D eigenvalue weighted by Crippen LogP contribution is 2.23. The van der Waals surface area contributed by atoms with Gasteiger partial charge in [0.1, 0.15) is 17.2 Å². The molecular formula is C25H22ClN3O4. The van der Waals surface area contributed by atoms with Gasteiger partial charge in [-0.3, -0.25) is 9.59 Å². The Labute approximate surface area is 196 Å². The van der Waals surface area contributed by atoms with Crippen LogP contribution in [0.1, 0.15) is 21.5 Å². The minimum atomic E-state index is -0.608. The molecule has 0 saturated heterocycles. The number of nitrogens with zero attached hydrogens (tertiary/aromatic N) is 1. The molecule has 33 heavy (non-hydrogen) atoms. The number of rotatable bonds is 8. The molecule has 2 N–H and O–H groups in total. The summed E-state index contributed by atoms with van der Waals surface area (Å²) in [7, 11) is 3.08. The van der Waals surface area contributed by atoms with Gasteiger partial charge in [-0.15, -0.1) is 0 Å². The van der Waals surface area contributed by atoms with Crippen LogP contribution in [0.4, 0.5) is 0 Å². The molecule has 0 heterocycles. The van der Waals surface area contributed by atoms with Gasteiger partial charge in [0.2, 0.25) is 0 Å². The number of hydrogen-bond acceptors (Lipinski definition) is 5. The number of carbonyl (C=O) groups is 2. The maximum atomic E-state index is 12.9. The van der Waals surface area contributed by atoms with Crippen LogP contribution in [0.2, 0.25) is 5.02 Å². The molecule has 7 nitrogen and oxygen atoms in total. The Balaban J connectivity index is 1.81. The lowest BCUT2D eigenvalue weighted by molar-refractivity contribution is -0.117. The Morgan fingerprint density at radius 2 is 1.67 bits per heavy atom. The fourth-order valence-corrected chi connectivity index (χ4v) is 3.08. The number of methoxy groups -OCH3 is 2. The van der Waals surface area contributed by atoms with Crippen molar-refractivity contribution < 1.29 is 19.1 Å². The fraction of sp³-hybridized carbons (Fsp3) is 0.0800. The predicted octanol–water partition coefficient (Wildman–Crippen LogP) is 4.28. The molecule has 0 aliphatic rings. The van der Waals surface area contributed by atoms with E-state index in [4.69, 9.17) is 21.1 Å². The molecule has 0 fully saturated rings. The number of ether oxygens (including phenoxy) is 2. The van der Waals surface area contributed by atoms with E-state index in [-0.39, 0.29) is 16.3 Å². The summed E-state index contributed by atoms with van der Waals surface area (Å²) in [6, 6.07) is 20.9. The lowest BCUT2D eigenvalue weighted by Crippen LogP contribution is -2.33. The summed E-state index contributed by atoms with van der Waals surface area (Å²) in [5, 5.41) is 6.90. The second-order valence-electron chi connectivity index (χ2n) is 6.71. The van der Waals surface area contributed by atoms with Crippen molar-refractivity contribution in [2.45, 2.75) is 0 Å². The van der Waals surface area contributed by atoms with E-state index < -0.39 is 11.8 Å². The standard InChI is InChI=1S/C25H22ClN3O4/c1-32-19-13-12-18(23(15-19)33-2)16-27-29-25(31)22(14-17-8-4-3-5-9-17)28-24(30)20-10-6-7-11-21(20)26/h3-16H,1-2H3,(H,28,30)(H,29,31)/b22-14+,27-16-. The van der Waals surface area contributed by atoms with Gasteiger partial charge in [-0.25, -0.2) is 5.43 Å². The van der Waals surface area contributed by atoms with Crippen molar-refractivity contribution in [1.82, 2.24) is 10.7 Å². The smallest absolute Gasteiger partial charge is 0.287 e. The first-order valence-corrected chi connectivity index (χ1v) is 10.3. The average Bonchev–Trinajstić information content (AvgIpc) is 2.84. The van der Waals surface area contributed by atoms with Gasteiger partial charge in [0.05, 0.1) is 31.0 Å². The van der Waals surface area contributed by atoms with Gasteiger partial charge in [0.25, 0.3) is 11.8 Å². The van der Waals surface area contributed by atoms with Crippen molar-refractivity contribution in [2.75, 3.05) is 14.2 Å². The highest BCUT2D eigenvalue weighted by atomic mass is 35.5. The van der Waals surface area contributed by atoms with Crippen molar-refractivity contribution in [3.05, 3.63) is 100 Å². The second-order valence-corrected chi connectivity index (χ2v) is 7.12. The van der Waals surface area contributed by atoms with Crippen LogP contribution in [0, 0.1) is 0 Å². The monoisotopic (exact) mass is 463 g/mol. The number of nitrogens with one attached hydrogen (secondary N) is 2. The number of halogens is 1. The zero-order valence-corrected chi connectivity index (χ0v) is 18.8. The normalized spacial score (nSPS) is 11.2. The number of benzene rings is 3. The van der Waals surface area contributed by atoms with E-state index in [0.29, 0.717) is 17.1 Å². The van der Waals surface area contributed by atoms with Crippen LogP contribution in [0.3, 0.4) is 0 Å². The topological polar surface area (TPSA) is 89.0 Å². The van der Waals surface area contributed by atoms with E-state index in [9.17, 15) is 9.59 Å². The molecular weight excluding hydrogens is 442 g/mol. The summed E-state index contributed by atoms with van der Waals surface area (Å²) in [4.78, 5) is 25.6. The maximum absolute atomic E-state index is 12.9. The highest BCUT2D eigenvalue weighted by molar-refractivity contribution is 6.34. The molecule has 3 aromatic carbocycles. The van der Waals surface area contributed by atoms with Gasteiger partial charge in [-0.2, -0.15) is 5.10 Å². The summed E-state index contributed by atoms with van der Waals surface area (Å²) in [5.74, 6) is 0.0320. The first kappa shape index (κ1) is 23.6. The molecule has 0 atom stereocenters. The molecule has 8 heteroatoms. The highest BCUT2D eigenvalue weighted by Gasteiger charge is 2.16. The Morgan fingerprint density at radius 3 is 2.36 bits per heavy atom. The van der Waals surface area contributed by atoms with Gasteiger partial charge in [-0.05, 0) is 35.9 Å². The molecule has 3 rings (SSSR count). The summed E-state index contributed by atoms with van der Waals surface area (Å²) in [5.41, 5.74) is 4.04. The molecule has 0 bridgehead atoms. The second kappa shape index (κ2) is 11.5. The molecule has 0 spiro atoms. The van der Waals surface area contributed by atoms with Crippen LogP contribution in [0.5, 0.6) is 11.5 Å². The summed E-state index contributed by atoms with van der Waals surface area (Å²) < 4.78 is 10.5. The van der Waals surface area contributed by atoms with E-state index >= 15 is 0 Å². The minimum Gasteiger partial charge on any atom is -0.497 e. The van der Waals surface area contributed by atoms with E-state index in [1.54, 1.807) is 67.8 Å². The lowest BCUT2D eigenvalue weighted by atomic mass is 10.1. The Morgan fingerprint density at radius 1 is 0.939 bits per heavy atom. The van der Waals surface area contributed by atoms with Crippen molar-refractivity contribution >= 4 is 35.7 Å². The molecule has 168 valence electrons. The molecule has 3 aromatic rings. The summed E-state index contributed by atoms with van der Waals surface area (Å²) >= 11 is 6.12. The average molecular weight is 464 g/mol. The number of hydrazone groups is 1. The molecule has 0 aliphatic heterocycles. The van der Waals surface area contributed by atoms with Crippen molar-refractivity contribution in [3.8, 4) is 11.5 Å². The molecule has 0 saturated carbocycles. The third-order valence-electron chi connectivity index (χ3n) is 4.53. The van der Waals surface area contributed by atoms with Crippen LogP contribution < -0.4 is 20.2 Å². The molecule has 0 radical (unpaired) electrons. The molecule has 0 aliphatic carbocycles. The first-order chi connectivity index (χ1) is 16.0. The predicted molar refractivity (Wildman–Crippen MR) is 129 cm³/mol. The molecule has 2 amide bonds. The Bertz CT molecular complexity index is 1190. The molecule has 0 aromatic heterocycles. The van der Waals surface area contributed by atoms with Crippen LogP contribution >= 0.6 is 11.6 Å². The van der Waals surface area contributed by atoms with E-state index in [0.717, 1.165) is 5.56 Å². The van der Waals surface area contributed by atoms with E-state index in [2.05, 4.69) is 15.8 Å². The van der Waals surface area contributed by atoms with E-state index in [1.165, 1.54) is 13.3 Å². The SMILES string of the molecule is COc1ccc(/C=N\NC(=O)/C(=C\c2ccccc2)NC(=O)c2ccccc2Cl)c(OC)c1. The lowest BCUT2D eigenvalue weighted by Gasteiger charge is -2.10. The van der Waals surface area contributed by atoms with Crippen LogP contribution in [-0.2, 0) is 4.79 Å². The van der Waals surface area contributed by atoms with Crippen LogP contribution in [0.25, 0.3) is 6.08 Å². The van der Waals surface area contributed by atoms with Crippen LogP contribution in [0.15, 0.2) is 83.6 Å². The van der Waals surface area contributed by atoms with Gasteiger partial charge in [0.15, 0.2) is 0 Å². The summed E-state index contributed by atoms with van der Waals surface area (Å²) in [6.45, 7) is 0.